The molecule has 5 rings (SSSR count). The summed E-state index contributed by atoms with van der Waals surface area (Å²) < 4.78 is 12.3. The summed E-state index contributed by atoms with van der Waals surface area (Å²) in [6, 6.07) is 20.3. The van der Waals surface area contributed by atoms with Crippen molar-refractivity contribution < 1.29 is 18.7 Å². The number of anilines is 1. The Morgan fingerprint density at radius 1 is 1.05 bits per heavy atom. The van der Waals surface area contributed by atoms with E-state index in [0.29, 0.717) is 33.8 Å². The summed E-state index contributed by atoms with van der Waals surface area (Å²) in [5, 5.41) is 11.2. The van der Waals surface area contributed by atoms with Gasteiger partial charge in [-0.05, 0) is 54.1 Å². The first-order valence-corrected chi connectivity index (χ1v) is 11.6. The van der Waals surface area contributed by atoms with Crippen molar-refractivity contribution in [3.05, 3.63) is 103 Å². The van der Waals surface area contributed by atoms with E-state index in [1.165, 1.54) is 15.8 Å². The quantitative estimate of drug-likeness (QED) is 0.332. The average Bonchev–Trinajstić information content (AvgIpc) is 3.61. The first kappa shape index (κ1) is 23.7. The topological polar surface area (TPSA) is 115 Å². The van der Waals surface area contributed by atoms with Gasteiger partial charge in [0, 0.05) is 24.1 Å². The molecule has 0 unspecified atom stereocenters. The van der Waals surface area contributed by atoms with Crippen molar-refractivity contribution in [2.45, 2.75) is 19.1 Å². The molecule has 0 spiro atoms. The zero-order chi connectivity index (χ0) is 25.6. The molecule has 186 valence electrons. The maximum atomic E-state index is 14.0. The van der Waals surface area contributed by atoms with Gasteiger partial charge in [-0.25, -0.2) is 4.68 Å². The van der Waals surface area contributed by atoms with Gasteiger partial charge in [0.1, 0.15) is 29.6 Å². The van der Waals surface area contributed by atoms with Gasteiger partial charge in [-0.1, -0.05) is 23.4 Å². The maximum Gasteiger partial charge on any atom is 0.249 e. The van der Waals surface area contributed by atoms with Crippen LogP contribution in [0, 0.1) is 0 Å². The lowest BCUT2D eigenvalue weighted by molar-refractivity contribution is -0.127. The van der Waals surface area contributed by atoms with Crippen LogP contribution in [0.5, 0.6) is 5.75 Å². The van der Waals surface area contributed by atoms with Crippen molar-refractivity contribution in [1.29, 1.82) is 0 Å². The van der Waals surface area contributed by atoms with E-state index in [2.05, 4.69) is 20.6 Å². The molecule has 0 aliphatic rings. The van der Waals surface area contributed by atoms with Crippen molar-refractivity contribution in [2.24, 2.45) is 0 Å². The monoisotopic (exact) mass is 496 g/mol. The van der Waals surface area contributed by atoms with E-state index >= 15 is 0 Å². The van der Waals surface area contributed by atoms with E-state index in [-0.39, 0.29) is 24.9 Å². The second-order valence-electron chi connectivity index (χ2n) is 8.18. The largest absolute Gasteiger partial charge is 0.497 e. The van der Waals surface area contributed by atoms with E-state index in [9.17, 15) is 9.59 Å². The molecule has 1 N–H and O–H groups in total. The molecular formula is C27H24N6O4. The van der Waals surface area contributed by atoms with Crippen molar-refractivity contribution in [3.63, 3.8) is 0 Å². The molecule has 10 heteroatoms. The molecule has 1 atom stereocenters. The minimum atomic E-state index is -1.01. The van der Waals surface area contributed by atoms with Crippen LogP contribution in [0.3, 0.4) is 0 Å². The number of aromatic nitrogens is 4. The highest BCUT2D eigenvalue weighted by molar-refractivity contribution is 6.01. The molecule has 0 radical (unpaired) electrons. The summed E-state index contributed by atoms with van der Waals surface area (Å²) in [6.45, 7) is 0.0338. The number of nitrogens with zero attached hydrogens (tertiary/aromatic N) is 5. The molecular weight excluding hydrogens is 472 g/mol. The minimum Gasteiger partial charge on any atom is -0.497 e. The Kier molecular flexibility index (Phi) is 6.89. The molecule has 0 aliphatic heterocycles. The molecule has 0 fully saturated rings. The lowest BCUT2D eigenvalue weighted by Crippen LogP contribution is -2.45. The second-order valence-corrected chi connectivity index (χ2v) is 8.18. The van der Waals surface area contributed by atoms with Crippen LogP contribution in [-0.4, -0.2) is 38.9 Å². The Labute approximate surface area is 212 Å². The summed E-state index contributed by atoms with van der Waals surface area (Å²) in [7, 11) is 1.54. The smallest absolute Gasteiger partial charge is 0.249 e. The molecule has 0 saturated heterocycles. The number of para-hydroxylation sites is 1. The summed E-state index contributed by atoms with van der Waals surface area (Å²) in [5.41, 5.74) is 2.46. The standard InChI is InChI=1S/C27H24N6O4/c1-36-21-7-4-6-20(16-21)33(25(34)18-32-24-10-3-2-9-23(24)30-31-32)26(19-11-13-28-14-12-19)27(35)29-17-22-8-5-15-37-22/h2-16,26H,17-18H2,1H3,(H,29,35)/t26-/m0/s1. The number of fused-ring (bicyclic) bond motifs is 1. The highest BCUT2D eigenvalue weighted by Gasteiger charge is 2.33. The van der Waals surface area contributed by atoms with Gasteiger partial charge < -0.3 is 14.5 Å². The van der Waals surface area contributed by atoms with E-state index in [0.717, 1.165) is 0 Å². The molecule has 3 aromatic heterocycles. The number of nitrogens with one attached hydrogen (secondary N) is 1. The summed E-state index contributed by atoms with van der Waals surface area (Å²) in [6.07, 6.45) is 4.71. The number of carbonyl (C=O) groups is 2. The first-order chi connectivity index (χ1) is 18.1. The number of methoxy groups -OCH3 is 1. The third kappa shape index (κ3) is 5.18. The number of hydrogen-bond acceptors (Lipinski definition) is 7. The lowest BCUT2D eigenvalue weighted by atomic mass is 10.0. The third-order valence-electron chi connectivity index (χ3n) is 5.85. The van der Waals surface area contributed by atoms with E-state index in [1.54, 1.807) is 68.0 Å². The molecule has 5 aromatic rings. The van der Waals surface area contributed by atoms with Gasteiger partial charge in [-0.3, -0.25) is 19.5 Å². The Hall–Kier alpha value is -4.99. The summed E-state index contributed by atoms with van der Waals surface area (Å²) in [4.78, 5) is 33.2. The van der Waals surface area contributed by atoms with Crippen LogP contribution in [0.2, 0.25) is 0 Å². The number of pyridine rings is 1. The number of furan rings is 1. The Morgan fingerprint density at radius 2 is 1.89 bits per heavy atom. The number of rotatable bonds is 9. The molecule has 10 nitrogen and oxygen atoms in total. The van der Waals surface area contributed by atoms with Gasteiger partial charge in [0.25, 0.3) is 0 Å². The molecule has 2 amide bonds. The Bertz CT molecular complexity index is 1500. The van der Waals surface area contributed by atoms with E-state index in [1.807, 2.05) is 24.3 Å². The number of ether oxygens (including phenoxy) is 1. The third-order valence-corrected chi connectivity index (χ3v) is 5.85. The second kappa shape index (κ2) is 10.7. The normalized spacial score (nSPS) is 11.7. The van der Waals surface area contributed by atoms with Gasteiger partial charge in [0.15, 0.2) is 0 Å². The van der Waals surface area contributed by atoms with E-state index in [4.69, 9.17) is 9.15 Å². The zero-order valence-electron chi connectivity index (χ0n) is 20.0. The predicted octanol–water partition coefficient (Wildman–Crippen LogP) is 3.52. The predicted molar refractivity (Wildman–Crippen MR) is 136 cm³/mol. The zero-order valence-corrected chi connectivity index (χ0v) is 20.0. The molecule has 0 bridgehead atoms. The van der Waals surface area contributed by atoms with Crippen molar-refractivity contribution >= 4 is 28.5 Å². The number of benzene rings is 2. The van der Waals surface area contributed by atoms with Crippen molar-refractivity contribution in [3.8, 4) is 5.75 Å². The maximum absolute atomic E-state index is 14.0. The van der Waals surface area contributed by atoms with Crippen LogP contribution in [0.25, 0.3) is 11.0 Å². The lowest BCUT2D eigenvalue weighted by Gasteiger charge is -2.31. The first-order valence-electron chi connectivity index (χ1n) is 11.6. The van der Waals surface area contributed by atoms with Gasteiger partial charge in [-0.15, -0.1) is 5.10 Å². The Morgan fingerprint density at radius 3 is 2.68 bits per heavy atom. The number of carbonyl (C=O) groups excluding carboxylic acids is 2. The van der Waals surface area contributed by atoms with Crippen molar-refractivity contribution in [2.75, 3.05) is 12.0 Å². The minimum absolute atomic E-state index is 0.134. The van der Waals surface area contributed by atoms with Gasteiger partial charge in [-0.2, -0.15) is 0 Å². The van der Waals surface area contributed by atoms with Crippen LogP contribution >= 0.6 is 0 Å². The highest BCUT2D eigenvalue weighted by atomic mass is 16.5. The molecule has 2 aromatic carbocycles. The van der Waals surface area contributed by atoms with Crippen LogP contribution in [0.4, 0.5) is 5.69 Å². The molecule has 0 aliphatic carbocycles. The Balaban J connectivity index is 1.55. The molecule has 0 saturated carbocycles. The number of hydrogen-bond donors (Lipinski definition) is 1. The summed E-state index contributed by atoms with van der Waals surface area (Å²) in [5.74, 6) is 0.391. The average molecular weight is 497 g/mol. The molecule has 37 heavy (non-hydrogen) atoms. The SMILES string of the molecule is COc1cccc(N(C(=O)Cn2nnc3ccccc32)[C@H](C(=O)NCc2ccco2)c2ccncc2)c1. The fraction of sp³-hybridized carbons (Fsp3) is 0.148. The molecule has 3 heterocycles. The van der Waals surface area contributed by atoms with Gasteiger partial charge in [0.05, 0.1) is 25.4 Å². The van der Waals surface area contributed by atoms with Crippen LogP contribution in [0.15, 0.2) is 95.9 Å². The number of amides is 2. The van der Waals surface area contributed by atoms with Gasteiger partial charge in [0.2, 0.25) is 11.8 Å². The fourth-order valence-corrected chi connectivity index (χ4v) is 4.08. The van der Waals surface area contributed by atoms with Gasteiger partial charge >= 0.3 is 0 Å². The van der Waals surface area contributed by atoms with Crippen molar-refractivity contribution in [1.82, 2.24) is 25.3 Å². The summed E-state index contributed by atoms with van der Waals surface area (Å²) >= 11 is 0. The fourth-order valence-electron chi connectivity index (χ4n) is 4.08. The van der Waals surface area contributed by atoms with Crippen LogP contribution in [0.1, 0.15) is 17.4 Å². The van der Waals surface area contributed by atoms with Crippen LogP contribution in [-0.2, 0) is 22.7 Å². The highest BCUT2D eigenvalue weighted by Crippen LogP contribution is 2.31. The van der Waals surface area contributed by atoms with Crippen LogP contribution < -0.4 is 15.0 Å². The van der Waals surface area contributed by atoms with E-state index < -0.39 is 6.04 Å².